The van der Waals surface area contributed by atoms with Gasteiger partial charge in [-0.05, 0) is 63.0 Å². The van der Waals surface area contributed by atoms with Gasteiger partial charge >= 0.3 is 0 Å². The lowest BCUT2D eigenvalue weighted by atomic mass is 9.94. The Morgan fingerprint density at radius 3 is 2.45 bits per heavy atom. The van der Waals surface area contributed by atoms with E-state index in [-0.39, 0.29) is 29.9 Å². The van der Waals surface area contributed by atoms with Crippen LogP contribution >= 0.6 is 24.0 Å². The Bertz CT molecular complexity index is 866. The van der Waals surface area contributed by atoms with Crippen LogP contribution in [0.15, 0.2) is 36.7 Å². The van der Waals surface area contributed by atoms with Gasteiger partial charge in [-0.25, -0.2) is 9.97 Å². The second kappa shape index (κ2) is 12.0. The zero-order chi connectivity index (χ0) is 21.5. The molecule has 31 heavy (non-hydrogen) atoms. The Hall–Kier alpha value is -2.22. The fourth-order valence-corrected chi connectivity index (χ4v) is 3.99. The van der Waals surface area contributed by atoms with E-state index in [9.17, 15) is 9.59 Å². The van der Waals surface area contributed by atoms with Gasteiger partial charge in [0.1, 0.15) is 5.82 Å². The third kappa shape index (κ3) is 6.63. The van der Waals surface area contributed by atoms with Crippen LogP contribution in [-0.4, -0.2) is 45.8 Å². The Labute approximate surface area is 194 Å². The summed E-state index contributed by atoms with van der Waals surface area (Å²) >= 11 is 5.83. The highest BCUT2D eigenvalue weighted by atomic mass is 35.5. The Balaban J connectivity index is 0.00000341. The average molecular weight is 466 g/mol. The summed E-state index contributed by atoms with van der Waals surface area (Å²) in [5.74, 6) is -0.207. The molecular weight excluding hydrogens is 437 g/mol. The van der Waals surface area contributed by atoms with Crippen molar-refractivity contribution in [2.75, 3.05) is 23.7 Å². The van der Waals surface area contributed by atoms with Gasteiger partial charge < -0.3 is 15.5 Å². The van der Waals surface area contributed by atoms with Gasteiger partial charge in [0.15, 0.2) is 5.69 Å². The molecule has 7 nitrogen and oxygen atoms in total. The van der Waals surface area contributed by atoms with Crippen molar-refractivity contribution >= 4 is 47.3 Å². The van der Waals surface area contributed by atoms with Gasteiger partial charge in [0.2, 0.25) is 5.91 Å². The molecule has 0 radical (unpaired) electrons. The van der Waals surface area contributed by atoms with Crippen molar-refractivity contribution in [2.24, 2.45) is 5.92 Å². The molecule has 2 aromatic heterocycles. The van der Waals surface area contributed by atoms with E-state index in [0.717, 1.165) is 38.8 Å². The minimum Gasteiger partial charge on any atom is -0.324 e. The third-order valence-corrected chi connectivity index (χ3v) is 5.83. The van der Waals surface area contributed by atoms with Crippen LogP contribution in [0.5, 0.6) is 0 Å². The molecule has 168 valence electrons. The van der Waals surface area contributed by atoms with E-state index in [4.69, 9.17) is 11.6 Å². The average Bonchev–Trinajstić information content (AvgIpc) is 2.77. The fourth-order valence-electron chi connectivity index (χ4n) is 3.88. The maximum absolute atomic E-state index is 12.8. The first-order valence-electron chi connectivity index (χ1n) is 10.4. The third-order valence-electron chi connectivity index (χ3n) is 5.61. The smallest absolute Gasteiger partial charge is 0.277 e. The number of hydrogen-bond acceptors (Lipinski definition) is 5. The van der Waals surface area contributed by atoms with Gasteiger partial charge in [0.05, 0.1) is 10.7 Å². The molecule has 1 fully saturated rings. The summed E-state index contributed by atoms with van der Waals surface area (Å²) < 4.78 is 0. The van der Waals surface area contributed by atoms with Crippen molar-refractivity contribution < 1.29 is 9.59 Å². The second-order valence-corrected chi connectivity index (χ2v) is 7.92. The van der Waals surface area contributed by atoms with Crippen LogP contribution in [0.2, 0.25) is 5.02 Å². The first kappa shape index (κ1) is 25.0. The number of carbonyl (C=O) groups excluding carboxylic acids is 2. The molecular formula is C22H29Cl2N5O2. The molecule has 0 aliphatic carbocycles. The summed E-state index contributed by atoms with van der Waals surface area (Å²) in [5, 5.41) is 6.07. The summed E-state index contributed by atoms with van der Waals surface area (Å²) in [4.78, 5) is 36.2. The van der Waals surface area contributed by atoms with Crippen LogP contribution in [0.4, 0.5) is 11.5 Å². The second-order valence-electron chi connectivity index (χ2n) is 7.49. The van der Waals surface area contributed by atoms with E-state index in [1.54, 1.807) is 24.3 Å². The lowest BCUT2D eigenvalue weighted by Crippen LogP contribution is -2.43. The fraction of sp³-hybridized carbons (Fsp3) is 0.455. The monoisotopic (exact) mass is 465 g/mol. The number of nitrogens with zero attached hydrogens (tertiary/aromatic N) is 3. The zero-order valence-electron chi connectivity index (χ0n) is 17.8. The largest absolute Gasteiger partial charge is 0.324 e. The van der Waals surface area contributed by atoms with E-state index in [0.29, 0.717) is 22.6 Å². The van der Waals surface area contributed by atoms with Gasteiger partial charge in [-0.1, -0.05) is 25.4 Å². The van der Waals surface area contributed by atoms with Crippen molar-refractivity contribution in [3.8, 4) is 0 Å². The molecule has 3 heterocycles. The SMILES string of the molecule is CCC(CC)N1CCC(C(=O)Nc2cccnc2C(=O)Nc2ccc(Cl)cn2)CC1.Cl. The van der Waals surface area contributed by atoms with Gasteiger partial charge in [-0.3, -0.25) is 9.59 Å². The topological polar surface area (TPSA) is 87.2 Å². The number of piperidine rings is 1. The number of amides is 2. The Morgan fingerprint density at radius 2 is 1.84 bits per heavy atom. The summed E-state index contributed by atoms with van der Waals surface area (Å²) in [6.45, 7) is 6.27. The quantitative estimate of drug-likeness (QED) is 0.621. The molecule has 0 unspecified atom stereocenters. The van der Waals surface area contributed by atoms with Crippen LogP contribution in [0.1, 0.15) is 50.0 Å². The summed E-state index contributed by atoms with van der Waals surface area (Å²) in [6, 6.07) is 7.22. The van der Waals surface area contributed by atoms with E-state index < -0.39 is 5.91 Å². The minimum atomic E-state index is -0.440. The van der Waals surface area contributed by atoms with Crippen LogP contribution in [-0.2, 0) is 4.79 Å². The highest BCUT2D eigenvalue weighted by molar-refractivity contribution is 6.30. The van der Waals surface area contributed by atoms with E-state index in [2.05, 4.69) is 39.3 Å². The van der Waals surface area contributed by atoms with E-state index in [1.165, 1.54) is 12.4 Å². The highest BCUT2D eigenvalue weighted by Crippen LogP contribution is 2.24. The number of anilines is 2. The molecule has 0 aromatic carbocycles. The Morgan fingerprint density at radius 1 is 1.13 bits per heavy atom. The van der Waals surface area contributed by atoms with Crippen LogP contribution in [0.3, 0.4) is 0 Å². The summed E-state index contributed by atoms with van der Waals surface area (Å²) in [7, 11) is 0. The molecule has 0 saturated carbocycles. The molecule has 0 spiro atoms. The van der Waals surface area contributed by atoms with Gasteiger partial charge in [-0.15, -0.1) is 12.4 Å². The standard InChI is InChI=1S/C22H28ClN5O2.ClH/c1-3-17(4-2)28-12-9-15(10-13-28)21(29)26-18-6-5-11-24-20(18)22(30)27-19-8-7-16(23)14-25-19;/h5-8,11,14-15,17H,3-4,9-10,12-13H2,1-2H3,(H,26,29)(H,25,27,30);1H. The lowest BCUT2D eigenvalue weighted by molar-refractivity contribution is -0.121. The van der Waals surface area contributed by atoms with Gasteiger partial charge in [0, 0.05) is 24.4 Å². The summed E-state index contributed by atoms with van der Waals surface area (Å²) in [5.41, 5.74) is 0.549. The number of carbonyl (C=O) groups is 2. The van der Waals surface area contributed by atoms with E-state index in [1.807, 2.05) is 0 Å². The van der Waals surface area contributed by atoms with Gasteiger partial charge in [0.25, 0.3) is 5.91 Å². The van der Waals surface area contributed by atoms with Gasteiger partial charge in [-0.2, -0.15) is 0 Å². The van der Waals surface area contributed by atoms with Crippen molar-refractivity contribution in [3.05, 3.63) is 47.4 Å². The molecule has 1 aliphatic heterocycles. The van der Waals surface area contributed by atoms with Crippen molar-refractivity contribution in [3.63, 3.8) is 0 Å². The van der Waals surface area contributed by atoms with Crippen molar-refractivity contribution in [2.45, 2.75) is 45.6 Å². The first-order valence-corrected chi connectivity index (χ1v) is 10.8. The van der Waals surface area contributed by atoms with Crippen molar-refractivity contribution in [1.82, 2.24) is 14.9 Å². The number of hydrogen-bond donors (Lipinski definition) is 2. The number of rotatable bonds is 7. The predicted octanol–water partition coefficient (Wildman–Crippen LogP) is 4.64. The molecule has 2 amide bonds. The number of halogens is 2. The van der Waals surface area contributed by atoms with E-state index >= 15 is 0 Å². The van der Waals surface area contributed by atoms with Crippen LogP contribution in [0.25, 0.3) is 0 Å². The Kier molecular flexibility index (Phi) is 9.68. The zero-order valence-corrected chi connectivity index (χ0v) is 19.4. The molecule has 2 aromatic rings. The molecule has 0 atom stereocenters. The first-order chi connectivity index (χ1) is 14.5. The molecule has 1 saturated heterocycles. The molecule has 3 rings (SSSR count). The summed E-state index contributed by atoms with van der Waals surface area (Å²) in [6.07, 6.45) is 6.87. The number of aromatic nitrogens is 2. The number of pyridine rings is 2. The number of likely N-dealkylation sites (tertiary alicyclic amines) is 1. The number of nitrogens with one attached hydrogen (secondary N) is 2. The lowest BCUT2D eigenvalue weighted by Gasteiger charge is -2.36. The molecule has 1 aliphatic rings. The minimum absolute atomic E-state index is 0. The van der Waals surface area contributed by atoms with Crippen LogP contribution in [0, 0.1) is 5.92 Å². The van der Waals surface area contributed by atoms with Crippen molar-refractivity contribution in [1.29, 1.82) is 0 Å². The molecule has 0 bridgehead atoms. The molecule has 9 heteroatoms. The normalized spacial score (nSPS) is 14.7. The maximum atomic E-state index is 12.8. The maximum Gasteiger partial charge on any atom is 0.277 e. The van der Waals surface area contributed by atoms with Crippen LogP contribution < -0.4 is 10.6 Å². The highest BCUT2D eigenvalue weighted by Gasteiger charge is 2.28. The predicted molar refractivity (Wildman–Crippen MR) is 126 cm³/mol. The molecule has 2 N–H and O–H groups in total.